The summed E-state index contributed by atoms with van der Waals surface area (Å²) in [4.78, 5) is 10.3. The third kappa shape index (κ3) is 4.17. The minimum absolute atomic E-state index is 0.433. The van der Waals surface area contributed by atoms with Crippen molar-refractivity contribution in [2.24, 2.45) is 0 Å². The van der Waals surface area contributed by atoms with Crippen molar-refractivity contribution in [2.75, 3.05) is 7.11 Å². The first-order chi connectivity index (χ1) is 5.38. The van der Waals surface area contributed by atoms with Crippen LogP contribution in [0.5, 0.6) is 0 Å². The van der Waals surface area contributed by atoms with Gasteiger partial charge in [0.15, 0.2) is 0 Å². The quantitative estimate of drug-likeness (QED) is 0.665. The van der Waals surface area contributed by atoms with Crippen LogP contribution >= 0.6 is 0 Å². The maximum atomic E-state index is 11.6. The summed E-state index contributed by atoms with van der Waals surface area (Å²) in [6, 6.07) is 0. The molecule has 12 heavy (non-hydrogen) atoms. The second-order valence-electron chi connectivity index (χ2n) is 2.17. The van der Waals surface area contributed by atoms with Crippen LogP contribution in [0.4, 0.5) is 13.2 Å². The number of halogens is 3. The van der Waals surface area contributed by atoms with Gasteiger partial charge in [-0.3, -0.25) is 4.79 Å². The van der Waals surface area contributed by atoms with Gasteiger partial charge >= 0.3 is 12.1 Å². The van der Waals surface area contributed by atoms with Gasteiger partial charge in [-0.25, -0.2) is 0 Å². The SMILES string of the molecule is COC(=O)CCC(O)C(F)(F)F. The molecule has 0 aliphatic rings. The van der Waals surface area contributed by atoms with E-state index in [-0.39, 0.29) is 0 Å². The third-order valence-electron chi connectivity index (χ3n) is 1.23. The Morgan fingerprint density at radius 2 is 2.08 bits per heavy atom. The number of carbonyl (C=O) groups excluding carboxylic acids is 1. The van der Waals surface area contributed by atoms with Crippen molar-refractivity contribution in [1.29, 1.82) is 0 Å². The molecule has 0 aliphatic carbocycles. The van der Waals surface area contributed by atoms with E-state index in [1.165, 1.54) is 0 Å². The largest absolute Gasteiger partial charge is 0.469 e. The lowest BCUT2D eigenvalue weighted by molar-refractivity contribution is -0.206. The highest BCUT2D eigenvalue weighted by Gasteiger charge is 2.37. The number of aliphatic hydroxyl groups excluding tert-OH is 1. The van der Waals surface area contributed by atoms with Crippen molar-refractivity contribution in [1.82, 2.24) is 0 Å². The number of alkyl halides is 3. The Balaban J connectivity index is 3.72. The average molecular weight is 186 g/mol. The van der Waals surface area contributed by atoms with Crippen LogP contribution < -0.4 is 0 Å². The Morgan fingerprint density at radius 1 is 1.58 bits per heavy atom. The molecular weight excluding hydrogens is 177 g/mol. The van der Waals surface area contributed by atoms with E-state index in [2.05, 4.69) is 4.74 Å². The summed E-state index contributed by atoms with van der Waals surface area (Å²) in [5, 5.41) is 8.40. The molecule has 1 N–H and O–H groups in total. The van der Waals surface area contributed by atoms with E-state index >= 15 is 0 Å². The molecular formula is C6H9F3O3. The molecule has 0 bridgehead atoms. The number of rotatable bonds is 3. The smallest absolute Gasteiger partial charge is 0.414 e. The van der Waals surface area contributed by atoms with Gasteiger partial charge < -0.3 is 9.84 Å². The van der Waals surface area contributed by atoms with Crippen LogP contribution in [0.3, 0.4) is 0 Å². The summed E-state index contributed by atoms with van der Waals surface area (Å²) in [7, 11) is 1.07. The first kappa shape index (κ1) is 11.2. The molecule has 72 valence electrons. The lowest BCUT2D eigenvalue weighted by Crippen LogP contribution is -2.29. The monoisotopic (exact) mass is 186 g/mol. The van der Waals surface area contributed by atoms with Gasteiger partial charge in [0.25, 0.3) is 0 Å². The summed E-state index contributed by atoms with van der Waals surface area (Å²) in [6.07, 6.45) is -8.20. The summed E-state index contributed by atoms with van der Waals surface area (Å²) < 4.78 is 38.9. The lowest BCUT2D eigenvalue weighted by Gasteiger charge is -2.12. The van der Waals surface area contributed by atoms with Gasteiger partial charge in [-0.05, 0) is 6.42 Å². The number of hydrogen-bond acceptors (Lipinski definition) is 3. The van der Waals surface area contributed by atoms with Crippen LogP contribution in [0.25, 0.3) is 0 Å². The lowest BCUT2D eigenvalue weighted by atomic mass is 10.2. The summed E-state index contributed by atoms with van der Waals surface area (Å²) in [5.41, 5.74) is 0. The van der Waals surface area contributed by atoms with Gasteiger partial charge in [0, 0.05) is 6.42 Å². The number of esters is 1. The van der Waals surface area contributed by atoms with Crippen molar-refractivity contribution < 1.29 is 27.8 Å². The van der Waals surface area contributed by atoms with Crippen LogP contribution in [0, 0.1) is 0 Å². The number of hydrogen-bond donors (Lipinski definition) is 1. The minimum Gasteiger partial charge on any atom is -0.469 e. The molecule has 0 aliphatic heterocycles. The fourth-order valence-corrected chi connectivity index (χ4v) is 0.520. The molecule has 0 radical (unpaired) electrons. The van der Waals surface area contributed by atoms with Gasteiger partial charge in [0.1, 0.15) is 6.10 Å². The molecule has 0 saturated heterocycles. The van der Waals surface area contributed by atoms with E-state index in [0.717, 1.165) is 7.11 Å². The third-order valence-corrected chi connectivity index (χ3v) is 1.23. The molecule has 0 aromatic carbocycles. The van der Waals surface area contributed by atoms with Crippen molar-refractivity contribution >= 4 is 5.97 Å². The van der Waals surface area contributed by atoms with Crippen LogP contribution in [-0.4, -0.2) is 30.5 Å². The first-order valence-electron chi connectivity index (χ1n) is 3.19. The highest BCUT2D eigenvalue weighted by molar-refractivity contribution is 5.69. The highest BCUT2D eigenvalue weighted by Crippen LogP contribution is 2.23. The zero-order chi connectivity index (χ0) is 9.78. The van der Waals surface area contributed by atoms with Crippen molar-refractivity contribution in [2.45, 2.75) is 25.1 Å². The standard InChI is InChI=1S/C6H9F3O3/c1-12-5(11)3-2-4(10)6(7,8)9/h4,10H,2-3H2,1H3. The molecule has 0 rings (SSSR count). The number of methoxy groups -OCH3 is 1. The van der Waals surface area contributed by atoms with Crippen molar-refractivity contribution in [3.05, 3.63) is 0 Å². The molecule has 1 unspecified atom stereocenters. The predicted octanol–water partition coefficient (Wildman–Crippen LogP) is 0.863. The van der Waals surface area contributed by atoms with Crippen LogP contribution in [0.2, 0.25) is 0 Å². The molecule has 0 saturated carbocycles. The van der Waals surface area contributed by atoms with Crippen molar-refractivity contribution in [3.63, 3.8) is 0 Å². The number of aliphatic hydroxyl groups is 1. The van der Waals surface area contributed by atoms with Gasteiger partial charge in [0.2, 0.25) is 0 Å². The van der Waals surface area contributed by atoms with Gasteiger partial charge in [-0.1, -0.05) is 0 Å². The molecule has 0 heterocycles. The van der Waals surface area contributed by atoms with E-state index in [0.29, 0.717) is 0 Å². The second kappa shape index (κ2) is 4.30. The highest BCUT2D eigenvalue weighted by atomic mass is 19.4. The molecule has 0 aromatic heterocycles. The van der Waals surface area contributed by atoms with Crippen LogP contribution in [0.1, 0.15) is 12.8 Å². The van der Waals surface area contributed by atoms with Gasteiger partial charge in [0.05, 0.1) is 7.11 Å². The molecule has 0 amide bonds. The summed E-state index contributed by atoms with van der Waals surface area (Å²) in [5.74, 6) is -0.765. The Labute approximate surface area is 67.1 Å². The van der Waals surface area contributed by atoms with Gasteiger partial charge in [-0.2, -0.15) is 13.2 Å². The molecule has 0 aromatic rings. The average Bonchev–Trinajstić information content (AvgIpc) is 1.97. The fourth-order valence-electron chi connectivity index (χ4n) is 0.520. The second-order valence-corrected chi connectivity index (χ2v) is 2.17. The fraction of sp³-hybridized carbons (Fsp3) is 0.833. The maximum absolute atomic E-state index is 11.6. The Morgan fingerprint density at radius 3 is 2.42 bits per heavy atom. The van der Waals surface area contributed by atoms with Crippen LogP contribution in [0.15, 0.2) is 0 Å². The maximum Gasteiger partial charge on any atom is 0.414 e. The van der Waals surface area contributed by atoms with Gasteiger partial charge in [-0.15, -0.1) is 0 Å². The predicted molar refractivity (Wildman–Crippen MR) is 33.3 cm³/mol. The van der Waals surface area contributed by atoms with E-state index < -0.39 is 31.1 Å². The number of ether oxygens (including phenoxy) is 1. The first-order valence-corrected chi connectivity index (χ1v) is 3.19. The van der Waals surface area contributed by atoms with E-state index in [4.69, 9.17) is 5.11 Å². The summed E-state index contributed by atoms with van der Waals surface area (Å²) in [6.45, 7) is 0. The zero-order valence-corrected chi connectivity index (χ0v) is 6.39. The Bertz CT molecular complexity index is 155. The number of carbonyl (C=O) groups is 1. The minimum atomic E-state index is -4.66. The Hall–Kier alpha value is -0.780. The van der Waals surface area contributed by atoms with E-state index in [1.807, 2.05) is 0 Å². The topological polar surface area (TPSA) is 46.5 Å². The molecule has 6 heteroatoms. The van der Waals surface area contributed by atoms with Crippen molar-refractivity contribution in [3.8, 4) is 0 Å². The van der Waals surface area contributed by atoms with Crippen LogP contribution in [-0.2, 0) is 9.53 Å². The summed E-state index contributed by atoms with van der Waals surface area (Å²) >= 11 is 0. The zero-order valence-electron chi connectivity index (χ0n) is 6.39. The molecule has 0 fully saturated rings. The molecule has 1 atom stereocenters. The normalized spacial score (nSPS) is 14.1. The molecule has 0 spiro atoms. The Kier molecular flexibility index (Phi) is 4.02. The van der Waals surface area contributed by atoms with E-state index in [1.54, 1.807) is 0 Å². The van der Waals surface area contributed by atoms with E-state index in [9.17, 15) is 18.0 Å². The molecule has 3 nitrogen and oxygen atoms in total.